The van der Waals surface area contributed by atoms with Gasteiger partial charge in [0.1, 0.15) is 65.0 Å². The van der Waals surface area contributed by atoms with Crippen molar-refractivity contribution in [1.29, 1.82) is 0 Å². The van der Waals surface area contributed by atoms with Gasteiger partial charge < -0.3 is 54.4 Å². The lowest BCUT2D eigenvalue weighted by atomic mass is 9.99. The van der Waals surface area contributed by atoms with Crippen molar-refractivity contribution in [2.75, 3.05) is 6.61 Å². The number of fused-ring (bicyclic) bond motifs is 1. The summed E-state index contributed by atoms with van der Waals surface area (Å²) in [5.41, 5.74) is -0.328. The summed E-state index contributed by atoms with van der Waals surface area (Å²) in [4.78, 5) is 25.8. The van der Waals surface area contributed by atoms with Crippen molar-refractivity contribution >= 4 is 23.0 Å². The van der Waals surface area contributed by atoms with E-state index in [2.05, 4.69) is 0 Å². The van der Waals surface area contributed by atoms with Gasteiger partial charge in [0.2, 0.25) is 17.5 Å². The molecule has 0 amide bonds. The van der Waals surface area contributed by atoms with E-state index in [0.29, 0.717) is 5.56 Å². The lowest BCUT2D eigenvalue weighted by Gasteiger charge is -2.39. The summed E-state index contributed by atoms with van der Waals surface area (Å²) in [7, 11) is 0. The van der Waals surface area contributed by atoms with Crippen molar-refractivity contribution in [1.82, 2.24) is 0 Å². The van der Waals surface area contributed by atoms with Crippen LogP contribution in [0.1, 0.15) is 5.56 Å². The number of rotatable bonds is 7. The van der Waals surface area contributed by atoms with Gasteiger partial charge >= 0.3 is 5.97 Å². The molecule has 43 heavy (non-hydrogen) atoms. The molecule has 13 nitrogen and oxygen atoms in total. The van der Waals surface area contributed by atoms with Crippen molar-refractivity contribution in [2.24, 2.45) is 0 Å². The van der Waals surface area contributed by atoms with Crippen LogP contribution >= 0.6 is 0 Å². The molecule has 0 radical (unpaired) electrons. The molecule has 4 aromatic rings. The highest BCUT2D eigenvalue weighted by Crippen LogP contribution is 2.37. The van der Waals surface area contributed by atoms with Crippen molar-refractivity contribution in [3.8, 4) is 40.1 Å². The second-order valence-electron chi connectivity index (χ2n) is 9.66. The van der Waals surface area contributed by atoms with Crippen LogP contribution in [0.4, 0.5) is 0 Å². The van der Waals surface area contributed by atoms with E-state index in [1.165, 1.54) is 42.5 Å². The fourth-order valence-electron chi connectivity index (χ4n) is 4.41. The first kappa shape index (κ1) is 29.4. The number of hydrogen-bond acceptors (Lipinski definition) is 13. The van der Waals surface area contributed by atoms with Crippen LogP contribution in [-0.4, -0.2) is 79.0 Å². The maximum absolute atomic E-state index is 13.5. The van der Waals surface area contributed by atoms with Crippen LogP contribution in [0.15, 0.2) is 76.0 Å². The third-order valence-electron chi connectivity index (χ3n) is 6.64. The molecule has 3 aromatic carbocycles. The number of aliphatic hydroxyl groups excluding tert-OH is 3. The normalized spacial score (nSPS) is 22.1. The average molecular weight is 595 g/mol. The van der Waals surface area contributed by atoms with Gasteiger partial charge in [-0.1, -0.05) is 12.1 Å². The lowest BCUT2D eigenvalue weighted by Crippen LogP contribution is -2.60. The summed E-state index contributed by atoms with van der Waals surface area (Å²) in [6.07, 6.45) is -6.17. The Morgan fingerprint density at radius 1 is 0.837 bits per heavy atom. The van der Waals surface area contributed by atoms with E-state index in [9.17, 15) is 45.3 Å². The number of hydrogen-bond donors (Lipinski definition) is 7. The fourth-order valence-corrected chi connectivity index (χ4v) is 4.41. The number of ether oxygens (including phenoxy) is 3. The van der Waals surface area contributed by atoms with E-state index in [4.69, 9.17) is 18.6 Å². The van der Waals surface area contributed by atoms with E-state index in [-0.39, 0.29) is 33.8 Å². The van der Waals surface area contributed by atoms with E-state index in [1.54, 1.807) is 12.1 Å². The SMILES string of the molecule is O=C(/C=C/c1ccc(O)cc1)OC[C@H]1OC(Oc2c(-c3ccc(O)cc3)oc3cc(O)cc(O)c3c2=O)[C@H](O)[C@@H](O)[C@@H]1O. The Kier molecular flexibility index (Phi) is 8.23. The van der Waals surface area contributed by atoms with Crippen LogP contribution in [0.25, 0.3) is 28.4 Å². The molecule has 1 unspecified atom stereocenters. The number of carbonyl (C=O) groups excluding carboxylic acids is 1. The second-order valence-corrected chi connectivity index (χ2v) is 9.66. The molecular formula is C30H26O13. The van der Waals surface area contributed by atoms with Gasteiger partial charge in [-0.3, -0.25) is 4.79 Å². The predicted molar refractivity (Wildman–Crippen MR) is 148 cm³/mol. The molecule has 1 saturated heterocycles. The van der Waals surface area contributed by atoms with Crippen LogP contribution in [0.2, 0.25) is 0 Å². The molecule has 0 aliphatic carbocycles. The number of benzene rings is 3. The monoisotopic (exact) mass is 594 g/mol. The highest BCUT2D eigenvalue weighted by Gasteiger charge is 2.46. The summed E-state index contributed by atoms with van der Waals surface area (Å²) >= 11 is 0. The predicted octanol–water partition coefficient (Wildman–Crippen LogP) is 1.73. The molecule has 0 spiro atoms. The number of phenolic OH excluding ortho intramolecular Hbond substituents is 4. The lowest BCUT2D eigenvalue weighted by molar-refractivity contribution is -0.278. The molecule has 0 bridgehead atoms. The van der Waals surface area contributed by atoms with E-state index in [1.807, 2.05) is 0 Å². The Balaban J connectivity index is 1.42. The summed E-state index contributed by atoms with van der Waals surface area (Å²) in [5, 5.41) is 70.6. The van der Waals surface area contributed by atoms with Gasteiger partial charge in [-0.2, -0.15) is 0 Å². The number of aromatic hydroxyl groups is 4. The molecular weight excluding hydrogens is 568 g/mol. The van der Waals surface area contributed by atoms with Crippen molar-refractivity contribution in [3.63, 3.8) is 0 Å². The van der Waals surface area contributed by atoms with Crippen LogP contribution < -0.4 is 10.2 Å². The second kappa shape index (κ2) is 12.0. The van der Waals surface area contributed by atoms with Gasteiger partial charge in [-0.15, -0.1) is 0 Å². The van der Waals surface area contributed by atoms with E-state index in [0.717, 1.165) is 18.2 Å². The minimum Gasteiger partial charge on any atom is -0.508 e. The van der Waals surface area contributed by atoms with Crippen LogP contribution in [-0.2, 0) is 14.3 Å². The molecule has 1 aliphatic heterocycles. The maximum Gasteiger partial charge on any atom is 0.330 e. The first-order valence-corrected chi connectivity index (χ1v) is 12.8. The van der Waals surface area contributed by atoms with E-state index < -0.39 is 66.0 Å². The zero-order chi connectivity index (χ0) is 30.8. The highest BCUT2D eigenvalue weighted by molar-refractivity contribution is 5.88. The molecule has 1 aromatic heterocycles. The number of phenols is 4. The first-order valence-electron chi connectivity index (χ1n) is 12.8. The van der Waals surface area contributed by atoms with Crippen molar-refractivity contribution < 1.29 is 59.2 Å². The zero-order valence-electron chi connectivity index (χ0n) is 22.1. The number of carbonyl (C=O) groups is 1. The van der Waals surface area contributed by atoms with Gasteiger partial charge in [0.05, 0.1) is 0 Å². The molecule has 7 N–H and O–H groups in total. The molecule has 0 saturated carbocycles. The number of esters is 1. The Bertz CT molecular complexity index is 1710. The first-order chi connectivity index (χ1) is 20.5. The molecule has 2 heterocycles. The topological polar surface area (TPSA) is 217 Å². The third-order valence-corrected chi connectivity index (χ3v) is 6.64. The molecule has 5 atom stereocenters. The average Bonchev–Trinajstić information content (AvgIpc) is 2.97. The minimum absolute atomic E-state index is 0.0495. The summed E-state index contributed by atoms with van der Waals surface area (Å²) < 4.78 is 22.2. The molecule has 224 valence electrons. The van der Waals surface area contributed by atoms with Gasteiger partial charge in [0.25, 0.3) is 0 Å². The standard InChI is InChI=1S/C30H26O13/c31-16-6-1-14(2-7-16)3-10-22(35)40-13-21-24(36)26(38)27(39)30(42-21)43-29-25(37)23-19(34)11-18(33)12-20(23)41-28(29)15-4-8-17(32)9-5-15/h1-12,21,24,26-27,30-34,36,38-39H,13H2/b10-3+/t21-,24-,26+,27-,30?/m1/s1. The Morgan fingerprint density at radius 3 is 2.16 bits per heavy atom. The zero-order valence-corrected chi connectivity index (χ0v) is 22.1. The van der Waals surface area contributed by atoms with Crippen molar-refractivity contribution in [3.05, 3.63) is 82.5 Å². The van der Waals surface area contributed by atoms with Crippen LogP contribution in [0.5, 0.6) is 28.7 Å². The van der Waals surface area contributed by atoms with Gasteiger partial charge in [0.15, 0.2) is 5.76 Å². The van der Waals surface area contributed by atoms with Crippen LogP contribution in [0.3, 0.4) is 0 Å². The maximum atomic E-state index is 13.5. The molecule has 13 heteroatoms. The molecule has 1 aliphatic rings. The fraction of sp³-hybridized carbons (Fsp3) is 0.200. The van der Waals surface area contributed by atoms with Gasteiger partial charge in [-0.05, 0) is 48.0 Å². The summed E-state index contributed by atoms with van der Waals surface area (Å²) in [5.74, 6) is -2.70. The highest BCUT2D eigenvalue weighted by atomic mass is 16.7. The van der Waals surface area contributed by atoms with E-state index >= 15 is 0 Å². The Morgan fingerprint density at radius 2 is 1.49 bits per heavy atom. The van der Waals surface area contributed by atoms with Gasteiger partial charge in [0, 0.05) is 23.8 Å². The van der Waals surface area contributed by atoms with Gasteiger partial charge in [-0.25, -0.2) is 4.79 Å². The quantitative estimate of drug-likeness (QED) is 0.120. The molecule has 1 fully saturated rings. The Hall–Kier alpha value is -5.08. The minimum atomic E-state index is -1.90. The molecule has 5 rings (SSSR count). The summed E-state index contributed by atoms with van der Waals surface area (Å²) in [6.45, 7) is -0.583. The smallest absolute Gasteiger partial charge is 0.330 e. The van der Waals surface area contributed by atoms with Crippen molar-refractivity contribution in [2.45, 2.75) is 30.7 Å². The van der Waals surface area contributed by atoms with Crippen LogP contribution in [0, 0.1) is 0 Å². The third kappa shape index (κ3) is 6.24. The Labute approximate surface area is 242 Å². The largest absolute Gasteiger partial charge is 0.508 e. The number of aliphatic hydroxyl groups is 3. The summed E-state index contributed by atoms with van der Waals surface area (Å²) in [6, 6.07) is 13.4.